The molecular weight excluding hydrogens is 388 g/mol. The Morgan fingerprint density at radius 1 is 0.931 bits per heavy atom. The van der Waals surface area contributed by atoms with Gasteiger partial charge in [-0.25, -0.2) is 0 Å². The lowest BCUT2D eigenvalue weighted by Crippen LogP contribution is -2.31. The zero-order valence-corrected chi connectivity index (χ0v) is 15.0. The number of nitro groups is 2. The average Bonchev–Trinajstić information content (AvgIpc) is 2.67. The summed E-state index contributed by atoms with van der Waals surface area (Å²) in [5, 5.41) is 29.2. The number of carboxylic acids is 1. The Kier molecular flexibility index (Phi) is 8.67. The molecule has 0 aromatic heterocycles. The SMILES string of the molecule is NC(=O)CCC(N)C(=O)O.O=[N+]([O-])c1ccc(Oc2ccc([N+](=O)[O-])cc2)cc1. The van der Waals surface area contributed by atoms with E-state index >= 15 is 0 Å². The quantitative estimate of drug-likeness (QED) is 0.432. The number of nitrogens with two attached hydrogens (primary N) is 2. The number of primary amides is 1. The normalized spacial score (nSPS) is 10.8. The molecule has 1 atom stereocenters. The number of ether oxygens (including phenoxy) is 1. The number of hydrogen-bond donors (Lipinski definition) is 3. The maximum atomic E-state index is 10.5. The van der Waals surface area contributed by atoms with Crippen LogP contribution >= 0.6 is 0 Å². The molecule has 1 amide bonds. The number of carbonyl (C=O) groups excluding carboxylic acids is 1. The summed E-state index contributed by atoms with van der Waals surface area (Å²) in [6.07, 6.45) is 0.123. The van der Waals surface area contributed by atoms with Crippen molar-refractivity contribution in [1.29, 1.82) is 0 Å². The van der Waals surface area contributed by atoms with E-state index in [1.807, 2.05) is 0 Å². The number of nitrogens with zero attached hydrogens (tertiary/aromatic N) is 2. The third-order valence-electron chi connectivity index (χ3n) is 3.35. The van der Waals surface area contributed by atoms with Gasteiger partial charge in [0.1, 0.15) is 17.5 Å². The number of carbonyl (C=O) groups is 2. The van der Waals surface area contributed by atoms with Crippen molar-refractivity contribution in [3.05, 3.63) is 68.8 Å². The number of amides is 1. The summed E-state index contributed by atoms with van der Waals surface area (Å²) in [6.45, 7) is 0. The highest BCUT2D eigenvalue weighted by Gasteiger charge is 2.11. The van der Waals surface area contributed by atoms with E-state index in [2.05, 4.69) is 0 Å². The lowest BCUT2D eigenvalue weighted by atomic mass is 10.2. The van der Waals surface area contributed by atoms with Gasteiger partial charge in [-0.15, -0.1) is 0 Å². The maximum Gasteiger partial charge on any atom is 0.320 e. The number of non-ortho nitro benzene ring substituents is 2. The Hall–Kier alpha value is -4.06. The molecule has 0 saturated heterocycles. The van der Waals surface area contributed by atoms with Gasteiger partial charge in [-0.3, -0.25) is 29.8 Å². The molecule has 0 aliphatic carbocycles. The molecule has 2 aromatic carbocycles. The first-order valence-corrected chi connectivity index (χ1v) is 8.03. The summed E-state index contributed by atoms with van der Waals surface area (Å²) < 4.78 is 5.40. The first-order chi connectivity index (χ1) is 13.6. The van der Waals surface area contributed by atoms with Gasteiger partial charge in [-0.05, 0) is 30.7 Å². The number of hydrogen-bond acceptors (Lipinski definition) is 8. The standard InChI is InChI=1S/C12H8N2O5.C5H10N2O3/c15-13(16)9-1-5-11(6-2-9)19-12-7-3-10(4-8-12)14(17)18;6-3(5(9)10)1-2-4(7)8/h1-8H;3H,1-2,6H2,(H2,7,8)(H,9,10). The van der Waals surface area contributed by atoms with E-state index in [1.165, 1.54) is 48.5 Å². The van der Waals surface area contributed by atoms with E-state index in [1.54, 1.807) is 0 Å². The molecular formula is C17H18N4O8. The molecule has 2 aromatic rings. The number of carboxylic acid groups (broad SMARTS) is 1. The molecule has 5 N–H and O–H groups in total. The van der Waals surface area contributed by atoms with Crippen molar-refractivity contribution in [1.82, 2.24) is 0 Å². The van der Waals surface area contributed by atoms with Gasteiger partial charge >= 0.3 is 5.97 Å². The third kappa shape index (κ3) is 8.45. The van der Waals surface area contributed by atoms with Crippen LogP contribution < -0.4 is 16.2 Å². The zero-order chi connectivity index (χ0) is 22.0. The van der Waals surface area contributed by atoms with E-state index in [9.17, 15) is 29.8 Å². The first-order valence-electron chi connectivity index (χ1n) is 8.03. The molecule has 154 valence electrons. The molecule has 0 aliphatic heterocycles. The molecule has 0 fully saturated rings. The van der Waals surface area contributed by atoms with Crippen molar-refractivity contribution < 1.29 is 29.3 Å². The number of rotatable bonds is 8. The van der Waals surface area contributed by atoms with Crippen molar-refractivity contribution in [3.63, 3.8) is 0 Å². The van der Waals surface area contributed by atoms with Gasteiger partial charge in [0.15, 0.2) is 0 Å². The van der Waals surface area contributed by atoms with E-state index in [-0.39, 0.29) is 24.2 Å². The second kappa shape index (κ2) is 10.9. The summed E-state index contributed by atoms with van der Waals surface area (Å²) in [7, 11) is 0. The molecule has 0 aliphatic rings. The Balaban J connectivity index is 0.000000359. The minimum Gasteiger partial charge on any atom is -0.480 e. The molecule has 12 nitrogen and oxygen atoms in total. The summed E-state index contributed by atoms with van der Waals surface area (Å²) in [4.78, 5) is 40.1. The van der Waals surface area contributed by atoms with Crippen LogP contribution in [0, 0.1) is 20.2 Å². The monoisotopic (exact) mass is 406 g/mol. The summed E-state index contributed by atoms with van der Waals surface area (Å²) in [5.74, 6) is -0.808. The van der Waals surface area contributed by atoms with Crippen molar-refractivity contribution in [2.24, 2.45) is 11.5 Å². The van der Waals surface area contributed by atoms with E-state index < -0.39 is 27.8 Å². The highest BCUT2D eigenvalue weighted by Crippen LogP contribution is 2.25. The van der Waals surface area contributed by atoms with Gasteiger partial charge in [-0.2, -0.15) is 0 Å². The van der Waals surface area contributed by atoms with Crippen molar-refractivity contribution in [3.8, 4) is 11.5 Å². The van der Waals surface area contributed by atoms with Crippen LogP contribution in [0.5, 0.6) is 11.5 Å². The van der Waals surface area contributed by atoms with Crippen LogP contribution in [-0.2, 0) is 9.59 Å². The number of benzene rings is 2. The fourth-order valence-electron chi connectivity index (χ4n) is 1.83. The molecule has 12 heteroatoms. The van der Waals surface area contributed by atoms with Crippen LogP contribution in [-0.4, -0.2) is 32.9 Å². The van der Waals surface area contributed by atoms with Gasteiger partial charge in [0.05, 0.1) is 9.85 Å². The molecule has 0 radical (unpaired) electrons. The largest absolute Gasteiger partial charge is 0.480 e. The van der Waals surface area contributed by atoms with Crippen LogP contribution in [0.3, 0.4) is 0 Å². The van der Waals surface area contributed by atoms with Gasteiger partial charge in [0, 0.05) is 30.7 Å². The predicted molar refractivity (Wildman–Crippen MR) is 100 cm³/mol. The second-order valence-electron chi connectivity index (χ2n) is 5.55. The third-order valence-corrected chi connectivity index (χ3v) is 3.35. The fourth-order valence-corrected chi connectivity index (χ4v) is 1.83. The Morgan fingerprint density at radius 2 is 1.31 bits per heavy atom. The van der Waals surface area contributed by atoms with Gasteiger partial charge in [-0.1, -0.05) is 0 Å². The van der Waals surface area contributed by atoms with Crippen molar-refractivity contribution in [2.75, 3.05) is 0 Å². The van der Waals surface area contributed by atoms with E-state index in [0.717, 1.165) is 0 Å². The maximum absolute atomic E-state index is 10.5. The minimum atomic E-state index is -1.11. The predicted octanol–water partition coefficient (Wildman–Crippen LogP) is 1.96. The van der Waals surface area contributed by atoms with Gasteiger partial charge < -0.3 is 21.3 Å². The zero-order valence-electron chi connectivity index (χ0n) is 15.0. The summed E-state index contributed by atoms with van der Waals surface area (Å²) >= 11 is 0. The van der Waals surface area contributed by atoms with E-state index in [4.69, 9.17) is 21.3 Å². The van der Waals surface area contributed by atoms with E-state index in [0.29, 0.717) is 11.5 Å². The van der Waals surface area contributed by atoms with Crippen molar-refractivity contribution >= 4 is 23.3 Å². The van der Waals surface area contributed by atoms with Crippen LogP contribution in [0.1, 0.15) is 12.8 Å². The lowest BCUT2D eigenvalue weighted by molar-refractivity contribution is -0.385. The minimum absolute atomic E-state index is 0.0213. The Labute approximate surface area is 164 Å². The average molecular weight is 406 g/mol. The topological polar surface area (TPSA) is 202 Å². The summed E-state index contributed by atoms with van der Waals surface area (Å²) in [5.41, 5.74) is 9.75. The molecule has 0 saturated carbocycles. The molecule has 29 heavy (non-hydrogen) atoms. The number of nitro benzene ring substituents is 2. The van der Waals surface area contributed by atoms with Crippen molar-refractivity contribution in [2.45, 2.75) is 18.9 Å². The molecule has 0 heterocycles. The highest BCUT2D eigenvalue weighted by atomic mass is 16.6. The molecule has 0 bridgehead atoms. The highest BCUT2D eigenvalue weighted by molar-refractivity contribution is 5.76. The fraction of sp³-hybridized carbons (Fsp3) is 0.176. The smallest absolute Gasteiger partial charge is 0.320 e. The second-order valence-corrected chi connectivity index (χ2v) is 5.55. The first kappa shape index (κ1) is 23.0. The Bertz CT molecular complexity index is 813. The molecule has 0 spiro atoms. The molecule has 2 rings (SSSR count). The van der Waals surface area contributed by atoms with Gasteiger partial charge in [0.25, 0.3) is 11.4 Å². The molecule has 1 unspecified atom stereocenters. The lowest BCUT2D eigenvalue weighted by Gasteiger charge is -2.04. The van der Waals surface area contributed by atoms with Crippen LogP contribution in [0.25, 0.3) is 0 Å². The Morgan fingerprint density at radius 3 is 1.59 bits per heavy atom. The van der Waals surface area contributed by atoms with Crippen LogP contribution in [0.15, 0.2) is 48.5 Å². The van der Waals surface area contributed by atoms with Gasteiger partial charge in [0.2, 0.25) is 5.91 Å². The number of aliphatic carboxylic acids is 1. The van der Waals surface area contributed by atoms with Crippen LogP contribution in [0.4, 0.5) is 11.4 Å². The van der Waals surface area contributed by atoms with Crippen LogP contribution in [0.2, 0.25) is 0 Å². The summed E-state index contributed by atoms with van der Waals surface area (Å²) in [6, 6.07) is 10.1.